The molecule has 0 saturated carbocycles. The fourth-order valence-electron chi connectivity index (χ4n) is 1.72. The molecule has 0 bridgehead atoms. The van der Waals surface area contributed by atoms with Crippen LogP contribution in [0.2, 0.25) is 0 Å². The van der Waals surface area contributed by atoms with Crippen LogP contribution in [0.5, 0.6) is 0 Å². The lowest BCUT2D eigenvalue weighted by Gasteiger charge is -2.02. The van der Waals surface area contributed by atoms with Crippen molar-refractivity contribution in [2.24, 2.45) is 0 Å². The van der Waals surface area contributed by atoms with Gasteiger partial charge in [0.05, 0.1) is 11.0 Å². The van der Waals surface area contributed by atoms with Gasteiger partial charge in [0, 0.05) is 17.0 Å². The van der Waals surface area contributed by atoms with Crippen molar-refractivity contribution in [2.75, 3.05) is 5.73 Å². The third-order valence-electron chi connectivity index (χ3n) is 2.48. The van der Waals surface area contributed by atoms with Gasteiger partial charge in [0.2, 0.25) is 0 Å². The van der Waals surface area contributed by atoms with Crippen molar-refractivity contribution in [3.05, 3.63) is 42.6 Å². The number of hydrogen-bond acceptors (Lipinski definition) is 3. The first-order chi connectivity index (χ1) is 7.34. The lowest BCUT2D eigenvalue weighted by atomic mass is 10.1. The number of anilines is 1. The Hall–Kier alpha value is -2.16. The minimum atomic E-state index is 0.533. The topological polar surface area (TPSA) is 51.8 Å². The molecule has 15 heavy (non-hydrogen) atoms. The average molecular weight is 195 g/mol. The van der Waals surface area contributed by atoms with Crippen molar-refractivity contribution in [3.63, 3.8) is 0 Å². The Morgan fingerprint density at radius 1 is 1.00 bits per heavy atom. The second-order valence-corrected chi connectivity index (χ2v) is 3.44. The summed E-state index contributed by atoms with van der Waals surface area (Å²) in [6.45, 7) is 0. The van der Waals surface area contributed by atoms with Gasteiger partial charge in [0.15, 0.2) is 0 Å². The quantitative estimate of drug-likeness (QED) is 0.560. The van der Waals surface area contributed by atoms with Crippen LogP contribution in [0.25, 0.3) is 21.8 Å². The summed E-state index contributed by atoms with van der Waals surface area (Å²) in [6.07, 6.45) is 1.68. The summed E-state index contributed by atoms with van der Waals surface area (Å²) in [7, 11) is 0. The molecule has 3 rings (SSSR count). The van der Waals surface area contributed by atoms with Crippen molar-refractivity contribution < 1.29 is 0 Å². The number of rotatable bonds is 0. The molecule has 0 saturated heterocycles. The van der Waals surface area contributed by atoms with Crippen molar-refractivity contribution in [1.29, 1.82) is 0 Å². The molecular weight excluding hydrogens is 186 g/mol. The summed E-state index contributed by atoms with van der Waals surface area (Å²) in [5.41, 5.74) is 7.67. The molecule has 72 valence electrons. The van der Waals surface area contributed by atoms with Crippen LogP contribution in [0.4, 0.5) is 5.82 Å². The molecule has 3 aromatic rings. The number of nitrogen functional groups attached to an aromatic ring is 1. The average Bonchev–Trinajstić information content (AvgIpc) is 2.27. The maximum absolute atomic E-state index is 5.80. The number of fused-ring (bicyclic) bond motifs is 2. The minimum Gasteiger partial charge on any atom is -0.383 e. The highest BCUT2D eigenvalue weighted by molar-refractivity contribution is 5.97. The molecule has 0 unspecified atom stereocenters. The molecular formula is C12H9N3. The molecule has 0 aliphatic rings. The van der Waals surface area contributed by atoms with Crippen LogP contribution < -0.4 is 5.73 Å². The summed E-state index contributed by atoms with van der Waals surface area (Å²) in [6, 6.07) is 11.9. The van der Waals surface area contributed by atoms with Crippen LogP contribution in [-0.4, -0.2) is 9.97 Å². The second kappa shape index (κ2) is 2.92. The number of para-hydroxylation sites is 1. The van der Waals surface area contributed by atoms with Crippen molar-refractivity contribution in [2.45, 2.75) is 0 Å². The smallest absolute Gasteiger partial charge is 0.132 e. The number of nitrogens with zero attached hydrogens (tertiary/aromatic N) is 2. The predicted octanol–water partition coefficient (Wildman–Crippen LogP) is 2.37. The first-order valence-corrected chi connectivity index (χ1v) is 4.74. The fourth-order valence-corrected chi connectivity index (χ4v) is 1.72. The molecule has 0 aliphatic heterocycles. The Balaban J connectivity index is 2.53. The molecule has 0 amide bonds. The largest absolute Gasteiger partial charge is 0.383 e. The van der Waals surface area contributed by atoms with E-state index >= 15 is 0 Å². The molecule has 3 nitrogen and oxygen atoms in total. The molecule has 2 N–H and O–H groups in total. The van der Waals surface area contributed by atoms with Gasteiger partial charge in [-0.15, -0.1) is 0 Å². The Kier molecular flexibility index (Phi) is 1.59. The van der Waals surface area contributed by atoms with Crippen molar-refractivity contribution in [3.8, 4) is 0 Å². The molecule has 0 aliphatic carbocycles. The zero-order valence-electron chi connectivity index (χ0n) is 8.01. The Morgan fingerprint density at radius 2 is 1.87 bits per heavy atom. The zero-order chi connectivity index (χ0) is 10.3. The fraction of sp³-hybridized carbons (Fsp3) is 0. The highest BCUT2D eigenvalue weighted by atomic mass is 14.8. The molecule has 3 heteroatoms. The van der Waals surface area contributed by atoms with Crippen molar-refractivity contribution >= 4 is 27.6 Å². The van der Waals surface area contributed by atoms with E-state index in [4.69, 9.17) is 5.73 Å². The van der Waals surface area contributed by atoms with Gasteiger partial charge in [-0.3, -0.25) is 0 Å². The van der Waals surface area contributed by atoms with Crippen LogP contribution in [-0.2, 0) is 0 Å². The van der Waals surface area contributed by atoms with Gasteiger partial charge in [-0.05, 0) is 18.2 Å². The van der Waals surface area contributed by atoms with Gasteiger partial charge >= 0.3 is 0 Å². The third kappa shape index (κ3) is 1.21. The Labute approximate surface area is 86.6 Å². The van der Waals surface area contributed by atoms with Crippen LogP contribution >= 0.6 is 0 Å². The van der Waals surface area contributed by atoms with E-state index in [0.29, 0.717) is 5.82 Å². The molecule has 0 spiro atoms. The highest BCUT2D eigenvalue weighted by Crippen LogP contribution is 2.21. The lowest BCUT2D eigenvalue weighted by Crippen LogP contribution is -1.92. The Bertz CT molecular complexity index is 646. The first-order valence-electron chi connectivity index (χ1n) is 4.74. The van der Waals surface area contributed by atoms with Crippen LogP contribution in [0.15, 0.2) is 42.6 Å². The SMILES string of the molecule is Nc1nccc2nc3ccccc3cc12. The summed E-state index contributed by atoms with van der Waals surface area (Å²) in [5.74, 6) is 0.533. The van der Waals surface area contributed by atoms with Gasteiger partial charge < -0.3 is 5.73 Å². The van der Waals surface area contributed by atoms with Crippen LogP contribution in [0.3, 0.4) is 0 Å². The zero-order valence-corrected chi connectivity index (χ0v) is 8.01. The van der Waals surface area contributed by atoms with Gasteiger partial charge in [-0.1, -0.05) is 18.2 Å². The lowest BCUT2D eigenvalue weighted by molar-refractivity contribution is 1.35. The predicted molar refractivity (Wildman–Crippen MR) is 61.5 cm³/mol. The van der Waals surface area contributed by atoms with Gasteiger partial charge in [-0.25, -0.2) is 9.97 Å². The number of hydrogen-bond donors (Lipinski definition) is 1. The van der Waals surface area contributed by atoms with E-state index in [-0.39, 0.29) is 0 Å². The van der Waals surface area contributed by atoms with Crippen molar-refractivity contribution in [1.82, 2.24) is 9.97 Å². The van der Waals surface area contributed by atoms with E-state index in [1.165, 1.54) is 0 Å². The maximum atomic E-state index is 5.80. The van der Waals surface area contributed by atoms with Crippen LogP contribution in [0.1, 0.15) is 0 Å². The number of pyridine rings is 2. The summed E-state index contributed by atoms with van der Waals surface area (Å²) < 4.78 is 0. The van der Waals surface area contributed by atoms with E-state index in [1.54, 1.807) is 6.20 Å². The van der Waals surface area contributed by atoms with Gasteiger partial charge in [0.25, 0.3) is 0 Å². The third-order valence-corrected chi connectivity index (χ3v) is 2.48. The monoisotopic (exact) mass is 195 g/mol. The Morgan fingerprint density at radius 3 is 2.80 bits per heavy atom. The highest BCUT2D eigenvalue weighted by Gasteiger charge is 2.01. The van der Waals surface area contributed by atoms with E-state index in [0.717, 1.165) is 21.8 Å². The number of benzene rings is 1. The summed E-state index contributed by atoms with van der Waals surface area (Å²) in [5, 5.41) is 2.00. The number of aromatic nitrogens is 2. The first kappa shape index (κ1) is 8.17. The molecule has 0 radical (unpaired) electrons. The molecule has 0 atom stereocenters. The molecule has 1 aromatic carbocycles. The minimum absolute atomic E-state index is 0.533. The van der Waals surface area contributed by atoms with Crippen LogP contribution in [0, 0.1) is 0 Å². The van der Waals surface area contributed by atoms with Gasteiger partial charge in [0.1, 0.15) is 5.82 Å². The molecule has 0 fully saturated rings. The van der Waals surface area contributed by atoms with E-state index in [9.17, 15) is 0 Å². The van der Waals surface area contributed by atoms with E-state index in [1.807, 2.05) is 36.4 Å². The van der Waals surface area contributed by atoms with E-state index < -0.39 is 0 Å². The van der Waals surface area contributed by atoms with E-state index in [2.05, 4.69) is 9.97 Å². The molecule has 2 aromatic heterocycles. The van der Waals surface area contributed by atoms with Gasteiger partial charge in [-0.2, -0.15) is 0 Å². The summed E-state index contributed by atoms with van der Waals surface area (Å²) in [4.78, 5) is 8.57. The second-order valence-electron chi connectivity index (χ2n) is 3.44. The maximum Gasteiger partial charge on any atom is 0.132 e. The summed E-state index contributed by atoms with van der Waals surface area (Å²) >= 11 is 0. The molecule has 2 heterocycles. The normalized spacial score (nSPS) is 10.9. The standard InChI is InChI=1S/C12H9N3/c13-12-9-7-8-3-1-2-4-10(8)15-11(9)5-6-14-12/h1-7H,(H2,13,14). The number of nitrogens with two attached hydrogens (primary N) is 1.